The van der Waals surface area contributed by atoms with E-state index >= 15 is 0 Å². The standard InChI is InChI=1S/C7H18N2O/c1-2-7(8)9-5-3-4-6-10/h7,9-10H,2-6,8H2,1H3. The largest absolute Gasteiger partial charge is 0.396 e. The van der Waals surface area contributed by atoms with Gasteiger partial charge in [0.05, 0.1) is 6.17 Å². The molecule has 0 fully saturated rings. The lowest BCUT2D eigenvalue weighted by Gasteiger charge is -2.09. The maximum Gasteiger partial charge on any atom is 0.0543 e. The third-order valence-electron chi connectivity index (χ3n) is 1.43. The first-order chi connectivity index (χ1) is 4.81. The van der Waals surface area contributed by atoms with Gasteiger partial charge in [-0.3, -0.25) is 0 Å². The molecule has 0 bridgehead atoms. The first-order valence-corrected chi connectivity index (χ1v) is 3.91. The molecule has 0 rings (SSSR count). The lowest BCUT2D eigenvalue weighted by Crippen LogP contribution is -2.37. The highest BCUT2D eigenvalue weighted by Gasteiger charge is 1.94. The number of rotatable bonds is 6. The maximum atomic E-state index is 8.43. The summed E-state index contributed by atoms with van der Waals surface area (Å²) >= 11 is 0. The molecule has 0 aromatic carbocycles. The molecule has 0 aliphatic heterocycles. The second kappa shape index (κ2) is 6.99. The Kier molecular flexibility index (Phi) is 6.91. The van der Waals surface area contributed by atoms with Crippen LogP contribution in [0.3, 0.4) is 0 Å². The van der Waals surface area contributed by atoms with E-state index in [1.54, 1.807) is 0 Å². The molecule has 0 aliphatic rings. The Bertz CT molecular complexity index is 68.6. The summed E-state index contributed by atoms with van der Waals surface area (Å²) in [7, 11) is 0. The van der Waals surface area contributed by atoms with Crippen LogP contribution in [0, 0.1) is 0 Å². The van der Waals surface area contributed by atoms with Crippen molar-refractivity contribution in [3.8, 4) is 0 Å². The minimum atomic E-state index is 0.124. The van der Waals surface area contributed by atoms with Crippen molar-refractivity contribution in [2.75, 3.05) is 13.2 Å². The van der Waals surface area contributed by atoms with E-state index in [0.29, 0.717) is 0 Å². The maximum absolute atomic E-state index is 8.43. The normalized spacial score (nSPS) is 13.5. The van der Waals surface area contributed by atoms with Crippen LogP contribution in [-0.2, 0) is 0 Å². The van der Waals surface area contributed by atoms with Crippen LogP contribution in [0.5, 0.6) is 0 Å². The Balaban J connectivity index is 2.89. The van der Waals surface area contributed by atoms with Gasteiger partial charge in [0.15, 0.2) is 0 Å². The van der Waals surface area contributed by atoms with Gasteiger partial charge in [-0.2, -0.15) is 0 Å². The molecule has 1 atom stereocenters. The van der Waals surface area contributed by atoms with Gasteiger partial charge in [-0.1, -0.05) is 6.92 Å². The fourth-order valence-corrected chi connectivity index (χ4v) is 0.669. The highest BCUT2D eigenvalue weighted by Crippen LogP contribution is 1.85. The summed E-state index contributed by atoms with van der Waals surface area (Å²) in [6.07, 6.45) is 2.95. The summed E-state index contributed by atoms with van der Waals surface area (Å²) in [5, 5.41) is 11.6. The highest BCUT2D eigenvalue weighted by atomic mass is 16.2. The smallest absolute Gasteiger partial charge is 0.0543 e. The van der Waals surface area contributed by atoms with Crippen molar-refractivity contribution in [2.24, 2.45) is 5.73 Å². The fourth-order valence-electron chi connectivity index (χ4n) is 0.669. The number of hydrogen-bond donors (Lipinski definition) is 3. The van der Waals surface area contributed by atoms with Gasteiger partial charge < -0.3 is 16.2 Å². The second-order valence-corrected chi connectivity index (χ2v) is 2.40. The van der Waals surface area contributed by atoms with Gasteiger partial charge in [0.1, 0.15) is 0 Å². The minimum absolute atomic E-state index is 0.124. The lowest BCUT2D eigenvalue weighted by molar-refractivity contribution is 0.282. The van der Waals surface area contributed by atoms with Gasteiger partial charge in [0, 0.05) is 6.61 Å². The average Bonchev–Trinajstić information content (AvgIpc) is 1.98. The summed E-state index contributed by atoms with van der Waals surface area (Å²) in [6.45, 7) is 3.24. The predicted molar refractivity (Wildman–Crippen MR) is 42.6 cm³/mol. The van der Waals surface area contributed by atoms with Crippen LogP contribution >= 0.6 is 0 Å². The molecule has 3 heteroatoms. The summed E-state index contributed by atoms with van der Waals surface area (Å²) in [4.78, 5) is 0. The third-order valence-corrected chi connectivity index (χ3v) is 1.43. The molecule has 0 aromatic heterocycles. The van der Waals surface area contributed by atoms with E-state index < -0.39 is 0 Å². The lowest BCUT2D eigenvalue weighted by atomic mass is 10.3. The van der Waals surface area contributed by atoms with E-state index in [0.717, 1.165) is 25.8 Å². The van der Waals surface area contributed by atoms with Crippen molar-refractivity contribution in [2.45, 2.75) is 32.4 Å². The van der Waals surface area contributed by atoms with E-state index in [2.05, 4.69) is 5.32 Å². The molecule has 0 saturated carbocycles. The van der Waals surface area contributed by atoms with Gasteiger partial charge >= 0.3 is 0 Å². The molecule has 0 aliphatic carbocycles. The molecule has 4 N–H and O–H groups in total. The molecule has 0 aromatic rings. The van der Waals surface area contributed by atoms with Gasteiger partial charge in [-0.15, -0.1) is 0 Å². The molecule has 1 unspecified atom stereocenters. The van der Waals surface area contributed by atoms with Crippen molar-refractivity contribution in [1.82, 2.24) is 5.32 Å². The van der Waals surface area contributed by atoms with Gasteiger partial charge in [0.25, 0.3) is 0 Å². The zero-order valence-corrected chi connectivity index (χ0v) is 6.64. The zero-order chi connectivity index (χ0) is 7.82. The second-order valence-electron chi connectivity index (χ2n) is 2.40. The first-order valence-electron chi connectivity index (χ1n) is 3.91. The minimum Gasteiger partial charge on any atom is -0.396 e. The Morgan fingerprint density at radius 1 is 1.50 bits per heavy atom. The molecular weight excluding hydrogens is 128 g/mol. The Hall–Kier alpha value is -0.120. The molecule has 10 heavy (non-hydrogen) atoms. The molecule has 0 saturated heterocycles. The number of nitrogens with one attached hydrogen (secondary N) is 1. The molecule has 0 heterocycles. The van der Waals surface area contributed by atoms with E-state index in [-0.39, 0.29) is 12.8 Å². The SMILES string of the molecule is CCC(N)NCCCCO. The van der Waals surface area contributed by atoms with Crippen LogP contribution in [0.15, 0.2) is 0 Å². The number of nitrogens with two attached hydrogens (primary N) is 1. The summed E-state index contributed by atoms with van der Waals surface area (Å²) in [6, 6.07) is 0. The van der Waals surface area contributed by atoms with Gasteiger partial charge in [-0.25, -0.2) is 0 Å². The number of aliphatic hydroxyl groups excluding tert-OH is 1. The Labute approximate surface area is 62.6 Å². The van der Waals surface area contributed by atoms with Crippen LogP contribution in [0.2, 0.25) is 0 Å². The van der Waals surface area contributed by atoms with Crippen molar-refractivity contribution in [1.29, 1.82) is 0 Å². The monoisotopic (exact) mass is 146 g/mol. The fraction of sp³-hybridized carbons (Fsp3) is 1.00. The van der Waals surface area contributed by atoms with Crippen LogP contribution in [0.25, 0.3) is 0 Å². The van der Waals surface area contributed by atoms with Crippen LogP contribution < -0.4 is 11.1 Å². The topological polar surface area (TPSA) is 58.3 Å². The summed E-state index contributed by atoms with van der Waals surface area (Å²) in [5.74, 6) is 0. The zero-order valence-electron chi connectivity index (χ0n) is 6.64. The third kappa shape index (κ3) is 6.01. The average molecular weight is 146 g/mol. The summed E-state index contributed by atoms with van der Waals surface area (Å²) < 4.78 is 0. The van der Waals surface area contributed by atoms with E-state index in [1.165, 1.54) is 0 Å². The molecule has 0 spiro atoms. The molecule has 3 nitrogen and oxygen atoms in total. The molecular formula is C7H18N2O. The Morgan fingerprint density at radius 2 is 2.20 bits per heavy atom. The number of aliphatic hydroxyl groups is 1. The van der Waals surface area contributed by atoms with Gasteiger partial charge in [-0.05, 0) is 25.8 Å². The van der Waals surface area contributed by atoms with Crippen LogP contribution in [0.4, 0.5) is 0 Å². The Morgan fingerprint density at radius 3 is 2.70 bits per heavy atom. The van der Waals surface area contributed by atoms with Crippen molar-refractivity contribution in [3.63, 3.8) is 0 Å². The van der Waals surface area contributed by atoms with Crippen LogP contribution in [0.1, 0.15) is 26.2 Å². The van der Waals surface area contributed by atoms with Gasteiger partial charge in [0.2, 0.25) is 0 Å². The van der Waals surface area contributed by atoms with E-state index in [1.807, 2.05) is 6.92 Å². The summed E-state index contributed by atoms with van der Waals surface area (Å²) in [5.41, 5.74) is 5.58. The van der Waals surface area contributed by atoms with Crippen molar-refractivity contribution < 1.29 is 5.11 Å². The highest BCUT2D eigenvalue weighted by molar-refractivity contribution is 4.54. The molecule has 0 amide bonds. The van der Waals surface area contributed by atoms with E-state index in [4.69, 9.17) is 10.8 Å². The van der Waals surface area contributed by atoms with Crippen molar-refractivity contribution >= 4 is 0 Å². The number of hydrogen-bond acceptors (Lipinski definition) is 3. The molecule has 62 valence electrons. The first kappa shape index (κ1) is 9.88. The van der Waals surface area contributed by atoms with E-state index in [9.17, 15) is 0 Å². The van der Waals surface area contributed by atoms with Crippen LogP contribution in [-0.4, -0.2) is 24.4 Å². The predicted octanol–water partition coefficient (Wildman–Crippen LogP) is 0.0433. The van der Waals surface area contributed by atoms with Crippen molar-refractivity contribution in [3.05, 3.63) is 0 Å². The number of unbranched alkanes of at least 4 members (excludes halogenated alkanes) is 1. The molecule has 0 radical (unpaired) electrons. The quantitative estimate of drug-likeness (QED) is 0.366.